The molecule has 1 heterocycles. The average molecular weight is 469 g/mol. The van der Waals surface area contributed by atoms with Crippen LogP contribution in [0.2, 0.25) is 0 Å². The minimum Gasteiger partial charge on any atom is -0.497 e. The molecule has 1 amide bonds. The Morgan fingerprint density at radius 3 is 2.56 bits per heavy atom. The number of aromatic nitrogens is 1. The Hall–Kier alpha value is -3.90. The highest BCUT2D eigenvalue weighted by Crippen LogP contribution is 2.36. The maximum atomic E-state index is 14.2. The van der Waals surface area contributed by atoms with E-state index < -0.39 is 0 Å². The molecule has 0 spiro atoms. The van der Waals surface area contributed by atoms with Crippen molar-refractivity contribution in [3.8, 4) is 11.5 Å². The van der Waals surface area contributed by atoms with Gasteiger partial charge < -0.3 is 9.47 Å². The molecule has 0 aliphatic rings. The molecule has 0 radical (unpaired) electrons. The zero-order valence-corrected chi connectivity index (χ0v) is 19.8. The number of fused-ring (bicyclic) bond motifs is 2. The standard InChI is InChI=1S/C28H24N2O3S/c1-3-33-24-15-13-20-11-7-8-12-22(20)26(24)27(31)30(18-19-9-5-4-6-10-19)28-29-23-17-21(32-2)14-16-25(23)34-28/h4-17H,3,18H2,1-2H3. The van der Waals surface area contributed by atoms with Gasteiger partial charge in [0.15, 0.2) is 5.13 Å². The predicted octanol–water partition coefficient (Wildman–Crippen LogP) is 6.70. The van der Waals surface area contributed by atoms with Crippen LogP contribution in [0.25, 0.3) is 21.0 Å². The third kappa shape index (κ3) is 4.20. The average Bonchev–Trinajstić information content (AvgIpc) is 3.30. The Bertz CT molecular complexity index is 1460. The molecule has 0 aliphatic heterocycles. The summed E-state index contributed by atoms with van der Waals surface area (Å²) in [5.74, 6) is 1.17. The molecule has 6 heteroatoms. The van der Waals surface area contributed by atoms with Gasteiger partial charge in [-0.1, -0.05) is 72.0 Å². The van der Waals surface area contributed by atoms with Crippen LogP contribution in [0.1, 0.15) is 22.8 Å². The molecule has 170 valence electrons. The first-order valence-corrected chi connectivity index (χ1v) is 11.9. The van der Waals surface area contributed by atoms with Gasteiger partial charge in [0.2, 0.25) is 0 Å². The van der Waals surface area contributed by atoms with Gasteiger partial charge in [0.1, 0.15) is 11.5 Å². The molecule has 5 rings (SSSR count). The molecular weight excluding hydrogens is 444 g/mol. The van der Waals surface area contributed by atoms with Crippen LogP contribution in [0.4, 0.5) is 5.13 Å². The zero-order valence-electron chi connectivity index (χ0n) is 19.0. The minimum absolute atomic E-state index is 0.143. The van der Waals surface area contributed by atoms with Crippen LogP contribution in [0.5, 0.6) is 11.5 Å². The number of rotatable bonds is 7. The molecule has 34 heavy (non-hydrogen) atoms. The molecule has 0 atom stereocenters. The van der Waals surface area contributed by atoms with E-state index in [9.17, 15) is 4.79 Å². The van der Waals surface area contributed by atoms with Crippen LogP contribution in [-0.2, 0) is 6.54 Å². The largest absolute Gasteiger partial charge is 0.497 e. The maximum Gasteiger partial charge on any atom is 0.264 e. The lowest BCUT2D eigenvalue weighted by atomic mass is 10.0. The molecule has 0 saturated carbocycles. The molecule has 0 fully saturated rings. The predicted molar refractivity (Wildman–Crippen MR) is 138 cm³/mol. The van der Waals surface area contributed by atoms with E-state index in [0.29, 0.717) is 29.6 Å². The first kappa shape index (κ1) is 21.9. The lowest BCUT2D eigenvalue weighted by Gasteiger charge is -2.22. The molecule has 5 aromatic rings. The van der Waals surface area contributed by atoms with E-state index in [1.54, 1.807) is 12.0 Å². The number of hydrogen-bond acceptors (Lipinski definition) is 5. The number of methoxy groups -OCH3 is 1. The molecule has 5 nitrogen and oxygen atoms in total. The number of thiazole rings is 1. The number of ether oxygens (including phenoxy) is 2. The van der Waals surface area contributed by atoms with E-state index in [4.69, 9.17) is 14.5 Å². The van der Waals surface area contributed by atoms with Gasteiger partial charge in [0.05, 0.1) is 36.0 Å². The van der Waals surface area contributed by atoms with E-state index in [2.05, 4.69) is 0 Å². The van der Waals surface area contributed by atoms with Gasteiger partial charge in [-0.05, 0) is 41.5 Å². The molecule has 0 bridgehead atoms. The Morgan fingerprint density at radius 2 is 1.76 bits per heavy atom. The van der Waals surface area contributed by atoms with Crippen LogP contribution in [-0.4, -0.2) is 24.6 Å². The smallest absolute Gasteiger partial charge is 0.264 e. The van der Waals surface area contributed by atoms with Gasteiger partial charge in [-0.15, -0.1) is 0 Å². The molecule has 0 N–H and O–H groups in total. The third-order valence-corrected chi connectivity index (χ3v) is 6.71. The zero-order chi connectivity index (χ0) is 23.5. The summed E-state index contributed by atoms with van der Waals surface area (Å²) in [5.41, 5.74) is 2.37. The summed E-state index contributed by atoms with van der Waals surface area (Å²) in [6, 6.07) is 27.5. The number of anilines is 1. The lowest BCUT2D eigenvalue weighted by molar-refractivity contribution is 0.0983. The van der Waals surface area contributed by atoms with Gasteiger partial charge >= 0.3 is 0 Å². The second-order valence-electron chi connectivity index (χ2n) is 7.80. The normalized spacial score (nSPS) is 11.0. The van der Waals surface area contributed by atoms with Crippen molar-refractivity contribution >= 4 is 43.4 Å². The number of carbonyl (C=O) groups is 1. The third-order valence-electron chi connectivity index (χ3n) is 5.65. The molecule has 0 saturated heterocycles. The highest BCUT2D eigenvalue weighted by atomic mass is 32.1. The Balaban J connectivity index is 1.67. The molecule has 4 aromatic carbocycles. The van der Waals surface area contributed by atoms with Crippen molar-refractivity contribution in [1.82, 2.24) is 4.98 Å². The summed E-state index contributed by atoms with van der Waals surface area (Å²) >= 11 is 1.49. The van der Waals surface area contributed by atoms with Gasteiger partial charge in [-0.2, -0.15) is 0 Å². The lowest BCUT2D eigenvalue weighted by Crippen LogP contribution is -2.31. The summed E-state index contributed by atoms with van der Waals surface area (Å²) < 4.78 is 12.3. The molecule has 0 unspecified atom stereocenters. The maximum absolute atomic E-state index is 14.2. The first-order valence-electron chi connectivity index (χ1n) is 11.1. The van der Waals surface area contributed by atoms with Crippen LogP contribution in [0.3, 0.4) is 0 Å². The summed E-state index contributed by atoms with van der Waals surface area (Å²) in [5, 5.41) is 2.48. The second-order valence-corrected chi connectivity index (χ2v) is 8.81. The fraction of sp³-hybridized carbons (Fsp3) is 0.143. The Morgan fingerprint density at radius 1 is 0.971 bits per heavy atom. The summed E-state index contributed by atoms with van der Waals surface area (Å²) in [4.78, 5) is 20.8. The second kappa shape index (κ2) is 9.53. The molecular formula is C28H24N2O3S. The number of benzene rings is 4. The highest BCUT2D eigenvalue weighted by Gasteiger charge is 2.26. The fourth-order valence-electron chi connectivity index (χ4n) is 4.01. The number of hydrogen-bond donors (Lipinski definition) is 0. The highest BCUT2D eigenvalue weighted by molar-refractivity contribution is 7.22. The minimum atomic E-state index is -0.143. The van der Waals surface area contributed by atoms with E-state index in [0.717, 1.165) is 32.3 Å². The van der Waals surface area contributed by atoms with E-state index in [-0.39, 0.29) is 5.91 Å². The van der Waals surface area contributed by atoms with Crippen molar-refractivity contribution in [3.05, 3.63) is 96.1 Å². The van der Waals surface area contributed by atoms with Crippen molar-refractivity contribution < 1.29 is 14.3 Å². The van der Waals surface area contributed by atoms with Crippen molar-refractivity contribution in [2.24, 2.45) is 0 Å². The number of carbonyl (C=O) groups excluding carboxylic acids is 1. The Labute approximate surface area is 202 Å². The van der Waals surface area contributed by atoms with Crippen molar-refractivity contribution in [2.75, 3.05) is 18.6 Å². The van der Waals surface area contributed by atoms with Crippen LogP contribution in [0, 0.1) is 0 Å². The molecule has 1 aromatic heterocycles. The van der Waals surface area contributed by atoms with Crippen molar-refractivity contribution in [2.45, 2.75) is 13.5 Å². The van der Waals surface area contributed by atoms with Crippen molar-refractivity contribution in [3.63, 3.8) is 0 Å². The quantitative estimate of drug-likeness (QED) is 0.267. The van der Waals surface area contributed by atoms with Crippen molar-refractivity contribution in [1.29, 1.82) is 0 Å². The van der Waals surface area contributed by atoms with Crippen LogP contribution in [0.15, 0.2) is 84.9 Å². The summed E-state index contributed by atoms with van der Waals surface area (Å²) in [6.07, 6.45) is 0. The topological polar surface area (TPSA) is 51.7 Å². The van der Waals surface area contributed by atoms with Crippen LogP contribution < -0.4 is 14.4 Å². The summed E-state index contributed by atoms with van der Waals surface area (Å²) in [6.45, 7) is 2.79. The SMILES string of the molecule is CCOc1ccc2ccccc2c1C(=O)N(Cc1ccccc1)c1nc2cc(OC)ccc2s1. The summed E-state index contributed by atoms with van der Waals surface area (Å²) in [7, 11) is 1.63. The molecule has 0 aliphatic carbocycles. The van der Waals surface area contributed by atoms with Gasteiger partial charge in [0.25, 0.3) is 5.91 Å². The van der Waals surface area contributed by atoms with Gasteiger partial charge in [-0.25, -0.2) is 4.98 Å². The number of nitrogens with zero attached hydrogens (tertiary/aromatic N) is 2. The van der Waals surface area contributed by atoms with E-state index in [1.807, 2.05) is 91.9 Å². The van der Waals surface area contributed by atoms with Crippen LogP contribution >= 0.6 is 11.3 Å². The van der Waals surface area contributed by atoms with E-state index in [1.165, 1.54) is 11.3 Å². The van der Waals surface area contributed by atoms with Gasteiger partial charge in [0, 0.05) is 6.07 Å². The number of amides is 1. The Kier molecular flexibility index (Phi) is 6.14. The monoisotopic (exact) mass is 468 g/mol. The van der Waals surface area contributed by atoms with Gasteiger partial charge in [-0.3, -0.25) is 9.69 Å². The fourth-order valence-corrected chi connectivity index (χ4v) is 4.96. The van der Waals surface area contributed by atoms with E-state index >= 15 is 0 Å². The first-order chi connectivity index (χ1) is 16.7.